The monoisotopic (exact) mass is 512 g/mol. The van der Waals surface area contributed by atoms with Crippen LogP contribution >= 0.6 is 22.6 Å². The summed E-state index contributed by atoms with van der Waals surface area (Å²) in [5, 5.41) is 0.306. The van der Waals surface area contributed by atoms with Crippen molar-refractivity contribution in [3.05, 3.63) is 21.3 Å². The Labute approximate surface area is 188 Å². The number of fused-ring (bicyclic) bond motifs is 5. The molecule has 1 nitrogen and oxygen atoms in total. The van der Waals surface area contributed by atoms with Gasteiger partial charge in [0, 0.05) is 11.5 Å². The maximum absolute atomic E-state index is 6.86. The van der Waals surface area contributed by atoms with Gasteiger partial charge in [-0.3, -0.25) is 0 Å². The van der Waals surface area contributed by atoms with Gasteiger partial charge in [0.15, 0.2) is 8.32 Å². The van der Waals surface area contributed by atoms with Crippen LogP contribution < -0.4 is 0 Å². The summed E-state index contributed by atoms with van der Waals surface area (Å²) < 4.78 is 8.51. The molecule has 1 unspecified atom stereocenters. The van der Waals surface area contributed by atoms with Crippen LogP contribution in [0.15, 0.2) is 21.3 Å². The summed E-state index contributed by atoms with van der Waals surface area (Å²) >= 11 is 2.64. The molecule has 0 bridgehead atoms. The smallest absolute Gasteiger partial charge is 0.192 e. The van der Waals surface area contributed by atoms with E-state index in [9.17, 15) is 0 Å². The molecule has 0 aromatic carbocycles. The standard InChI is InChI=1S/C25H41IOSi/c1-23(2,3)28(6,7)27-18-12-14-24(4)17(16-18)8-9-19-20-10-11-22(26)25(20,5)15-13-21(19)24/h8,11,18-21H,9-10,12-16H2,1-7H3/t18?,19-,20-,21-,24-,25-/m0/s1. The van der Waals surface area contributed by atoms with Gasteiger partial charge < -0.3 is 4.43 Å². The van der Waals surface area contributed by atoms with E-state index in [0.717, 1.165) is 17.8 Å². The molecular formula is C25H41IOSi. The van der Waals surface area contributed by atoms with E-state index in [1.807, 2.05) is 0 Å². The highest BCUT2D eigenvalue weighted by molar-refractivity contribution is 14.1. The van der Waals surface area contributed by atoms with Crippen LogP contribution in [0.25, 0.3) is 0 Å². The Bertz CT molecular complexity index is 702. The average molecular weight is 513 g/mol. The van der Waals surface area contributed by atoms with Crippen molar-refractivity contribution in [1.82, 2.24) is 0 Å². The van der Waals surface area contributed by atoms with E-state index in [2.05, 4.69) is 82.5 Å². The Hall–Kier alpha value is 0.387. The van der Waals surface area contributed by atoms with Gasteiger partial charge in [0.1, 0.15) is 0 Å². The highest BCUT2D eigenvalue weighted by Gasteiger charge is 2.56. The maximum Gasteiger partial charge on any atom is 0.192 e. The van der Waals surface area contributed by atoms with Crippen LogP contribution in [-0.4, -0.2) is 14.4 Å². The molecule has 0 heterocycles. The molecule has 0 aromatic rings. The number of halogens is 1. The number of allylic oxidation sites excluding steroid dienone is 3. The van der Waals surface area contributed by atoms with E-state index in [-0.39, 0.29) is 0 Å². The molecular weight excluding hydrogens is 471 g/mol. The molecule has 4 aliphatic rings. The van der Waals surface area contributed by atoms with Crippen LogP contribution in [0.3, 0.4) is 0 Å². The molecule has 158 valence electrons. The van der Waals surface area contributed by atoms with Crippen LogP contribution in [0.4, 0.5) is 0 Å². The third kappa shape index (κ3) is 3.25. The summed E-state index contributed by atoms with van der Waals surface area (Å²) in [5.74, 6) is 2.68. The first-order chi connectivity index (χ1) is 12.9. The van der Waals surface area contributed by atoms with Crippen molar-refractivity contribution in [3.63, 3.8) is 0 Å². The van der Waals surface area contributed by atoms with E-state index < -0.39 is 8.32 Å². The molecule has 0 aromatic heterocycles. The Kier molecular flexibility index (Phi) is 5.36. The molecule has 0 saturated heterocycles. The number of hydrogen-bond acceptors (Lipinski definition) is 1. The van der Waals surface area contributed by atoms with Crippen LogP contribution in [0.5, 0.6) is 0 Å². The fraction of sp³-hybridized carbons (Fsp3) is 0.840. The molecule has 3 heteroatoms. The molecule has 2 saturated carbocycles. The first kappa shape index (κ1) is 21.6. The molecule has 6 atom stereocenters. The maximum atomic E-state index is 6.86. The Morgan fingerprint density at radius 2 is 1.68 bits per heavy atom. The zero-order chi connectivity index (χ0) is 20.5. The summed E-state index contributed by atoms with van der Waals surface area (Å²) in [4.78, 5) is 0. The molecule has 0 N–H and O–H groups in total. The van der Waals surface area contributed by atoms with Crippen molar-refractivity contribution >= 4 is 30.9 Å². The Morgan fingerprint density at radius 3 is 2.36 bits per heavy atom. The lowest BCUT2D eigenvalue weighted by Crippen LogP contribution is -2.51. The lowest BCUT2D eigenvalue weighted by atomic mass is 9.48. The van der Waals surface area contributed by atoms with Crippen LogP contribution in [0, 0.1) is 28.6 Å². The Balaban J connectivity index is 1.53. The van der Waals surface area contributed by atoms with Crippen LogP contribution in [0.2, 0.25) is 18.1 Å². The quantitative estimate of drug-likeness (QED) is 0.206. The van der Waals surface area contributed by atoms with Gasteiger partial charge in [-0.15, -0.1) is 0 Å². The zero-order valence-electron chi connectivity index (χ0n) is 19.2. The topological polar surface area (TPSA) is 9.23 Å². The second kappa shape index (κ2) is 6.95. The molecule has 4 rings (SSSR count). The first-order valence-electron chi connectivity index (χ1n) is 11.6. The van der Waals surface area contributed by atoms with Crippen molar-refractivity contribution in [2.24, 2.45) is 28.6 Å². The van der Waals surface area contributed by atoms with Crippen molar-refractivity contribution in [2.75, 3.05) is 0 Å². The van der Waals surface area contributed by atoms with Crippen molar-refractivity contribution in [1.29, 1.82) is 0 Å². The zero-order valence-corrected chi connectivity index (χ0v) is 22.4. The number of rotatable bonds is 2. The summed E-state index contributed by atoms with van der Waals surface area (Å²) in [6.07, 6.45) is 15.0. The van der Waals surface area contributed by atoms with Gasteiger partial charge >= 0.3 is 0 Å². The van der Waals surface area contributed by atoms with Gasteiger partial charge in [-0.1, -0.05) is 52.3 Å². The third-order valence-corrected chi connectivity index (χ3v) is 16.0. The van der Waals surface area contributed by atoms with Crippen LogP contribution in [-0.2, 0) is 4.43 Å². The van der Waals surface area contributed by atoms with Gasteiger partial charge in [0.25, 0.3) is 0 Å². The van der Waals surface area contributed by atoms with Crippen molar-refractivity contribution in [3.8, 4) is 0 Å². The van der Waals surface area contributed by atoms with Crippen molar-refractivity contribution < 1.29 is 4.43 Å². The summed E-state index contributed by atoms with van der Waals surface area (Å²) in [5.41, 5.74) is 2.67. The highest BCUT2D eigenvalue weighted by Crippen LogP contribution is 2.65. The fourth-order valence-electron chi connectivity index (χ4n) is 6.84. The summed E-state index contributed by atoms with van der Waals surface area (Å²) in [6, 6.07) is 0. The van der Waals surface area contributed by atoms with E-state index in [1.165, 1.54) is 44.9 Å². The van der Waals surface area contributed by atoms with Gasteiger partial charge in [0.2, 0.25) is 0 Å². The van der Waals surface area contributed by atoms with E-state index in [1.54, 1.807) is 9.15 Å². The van der Waals surface area contributed by atoms with Crippen molar-refractivity contribution in [2.45, 2.75) is 104 Å². The average Bonchev–Trinajstić information content (AvgIpc) is 2.89. The van der Waals surface area contributed by atoms with Gasteiger partial charge in [-0.05, 0) is 112 Å². The minimum Gasteiger partial charge on any atom is -0.414 e. The molecule has 28 heavy (non-hydrogen) atoms. The predicted molar refractivity (Wildman–Crippen MR) is 131 cm³/mol. The van der Waals surface area contributed by atoms with Gasteiger partial charge in [0.05, 0.1) is 0 Å². The largest absolute Gasteiger partial charge is 0.414 e. The summed E-state index contributed by atoms with van der Waals surface area (Å²) in [6.45, 7) is 17.1. The molecule has 2 fully saturated rings. The highest BCUT2D eigenvalue weighted by atomic mass is 127. The van der Waals surface area contributed by atoms with Gasteiger partial charge in [-0.25, -0.2) is 0 Å². The molecule has 4 aliphatic carbocycles. The first-order valence-corrected chi connectivity index (χ1v) is 15.6. The fourth-order valence-corrected chi connectivity index (χ4v) is 9.15. The van der Waals surface area contributed by atoms with Gasteiger partial charge in [-0.2, -0.15) is 0 Å². The summed E-state index contributed by atoms with van der Waals surface area (Å²) in [7, 11) is -1.68. The predicted octanol–water partition coefficient (Wildman–Crippen LogP) is 8.27. The minimum absolute atomic E-state index is 0.306. The van der Waals surface area contributed by atoms with E-state index in [4.69, 9.17) is 4.43 Å². The number of hydrogen-bond donors (Lipinski definition) is 0. The minimum atomic E-state index is -1.68. The molecule has 0 aliphatic heterocycles. The third-order valence-electron chi connectivity index (χ3n) is 9.81. The normalized spacial score (nSPS) is 43.6. The van der Waals surface area contributed by atoms with Crippen LogP contribution in [0.1, 0.15) is 79.6 Å². The lowest BCUT2D eigenvalue weighted by molar-refractivity contribution is -0.0254. The SMILES string of the molecule is CC(C)(C)[Si](C)(C)OC1CC[C@@]2(C)C(=CC[C@@H]3[C@@H]2CC[C@]2(C)C(I)=CC[C@@H]32)C1. The second-order valence-electron chi connectivity index (χ2n) is 12.2. The van der Waals surface area contributed by atoms with E-state index in [0.29, 0.717) is 22.0 Å². The van der Waals surface area contributed by atoms with E-state index >= 15 is 0 Å². The molecule has 0 radical (unpaired) electrons. The Morgan fingerprint density at radius 1 is 1.00 bits per heavy atom. The molecule has 0 spiro atoms. The lowest BCUT2D eigenvalue weighted by Gasteiger charge is -2.58. The second-order valence-corrected chi connectivity index (χ2v) is 18.2. The molecule has 0 amide bonds.